The summed E-state index contributed by atoms with van der Waals surface area (Å²) >= 11 is 0. The zero-order valence-electron chi connectivity index (χ0n) is 12.0. The highest BCUT2D eigenvalue weighted by Gasteiger charge is 2.47. The minimum absolute atomic E-state index is 0.332. The van der Waals surface area contributed by atoms with Crippen LogP contribution >= 0.6 is 0 Å². The molecule has 3 rings (SSSR count). The molecule has 0 bridgehead atoms. The number of hydrogen-bond donors (Lipinski definition) is 1. The fourth-order valence-electron chi connectivity index (χ4n) is 3.55. The summed E-state index contributed by atoms with van der Waals surface area (Å²) in [5.41, 5.74) is 0.790. The van der Waals surface area contributed by atoms with E-state index in [1.807, 2.05) is 6.08 Å². The molecule has 1 heterocycles. The summed E-state index contributed by atoms with van der Waals surface area (Å²) in [6.07, 6.45) is 4.61. The summed E-state index contributed by atoms with van der Waals surface area (Å²) in [5.74, 6) is 0. The topological polar surface area (TPSA) is 26.7 Å². The molecular formula is C17H24N2O. The zero-order valence-corrected chi connectivity index (χ0v) is 12.0. The number of nitrogens with zero attached hydrogens (tertiary/aromatic N) is 2. The number of rotatable bonds is 4. The molecule has 1 N–H and O–H groups in total. The Hall–Kier alpha value is -1.32. The molecule has 0 unspecified atom stereocenters. The Bertz CT molecular complexity index is 453. The van der Waals surface area contributed by atoms with E-state index in [4.69, 9.17) is 0 Å². The molecule has 2 aliphatic rings. The normalized spacial score (nSPS) is 30.9. The van der Waals surface area contributed by atoms with Gasteiger partial charge in [0.1, 0.15) is 0 Å². The first-order valence-electron chi connectivity index (χ1n) is 7.60. The first kappa shape index (κ1) is 13.7. The fraction of sp³-hybridized carbons (Fsp3) is 0.529. The number of hydrogen-bond acceptors (Lipinski definition) is 3. The second-order valence-electron chi connectivity index (χ2n) is 6.01. The van der Waals surface area contributed by atoms with Gasteiger partial charge in [-0.25, -0.2) is 0 Å². The molecule has 0 amide bonds. The molecule has 1 aromatic carbocycles. The Kier molecular flexibility index (Phi) is 3.81. The lowest BCUT2D eigenvalue weighted by molar-refractivity contribution is -0.115. The van der Waals surface area contributed by atoms with Crippen LogP contribution < -0.4 is 4.90 Å². The monoisotopic (exact) mass is 272 g/mol. The highest BCUT2D eigenvalue weighted by atomic mass is 16.3. The van der Waals surface area contributed by atoms with Crippen molar-refractivity contribution in [1.29, 1.82) is 0 Å². The standard InChI is InChI=1S/C17H24N2O/c1-2-9-17(20)10-8-16(17)19-13-11-18(12-14-19)15-6-4-3-5-7-15/h2-7,16,20H,1,8-14H2/t16-,17+/m0/s1. The van der Waals surface area contributed by atoms with E-state index in [2.05, 4.69) is 46.7 Å². The Morgan fingerprint density at radius 2 is 1.90 bits per heavy atom. The van der Waals surface area contributed by atoms with Gasteiger partial charge in [-0.15, -0.1) is 6.58 Å². The number of benzene rings is 1. The first-order valence-corrected chi connectivity index (χ1v) is 7.60. The number of aliphatic hydroxyl groups is 1. The quantitative estimate of drug-likeness (QED) is 0.852. The predicted octanol–water partition coefficient (Wildman–Crippen LogP) is 2.28. The second kappa shape index (κ2) is 5.58. The van der Waals surface area contributed by atoms with Crippen molar-refractivity contribution in [2.24, 2.45) is 0 Å². The number of para-hydroxylation sites is 1. The van der Waals surface area contributed by atoms with E-state index in [1.165, 1.54) is 5.69 Å². The van der Waals surface area contributed by atoms with E-state index in [9.17, 15) is 5.11 Å². The van der Waals surface area contributed by atoms with Crippen molar-refractivity contribution in [3.63, 3.8) is 0 Å². The van der Waals surface area contributed by atoms with E-state index in [0.717, 1.165) is 45.4 Å². The fourth-order valence-corrected chi connectivity index (χ4v) is 3.55. The van der Waals surface area contributed by atoms with Gasteiger partial charge in [0.2, 0.25) is 0 Å². The van der Waals surface area contributed by atoms with E-state index in [0.29, 0.717) is 6.04 Å². The highest BCUT2D eigenvalue weighted by molar-refractivity contribution is 5.46. The minimum Gasteiger partial charge on any atom is -0.388 e. The smallest absolute Gasteiger partial charge is 0.0836 e. The molecule has 1 saturated carbocycles. The summed E-state index contributed by atoms with van der Waals surface area (Å²) in [5, 5.41) is 10.6. The number of piperazine rings is 1. The highest BCUT2D eigenvalue weighted by Crippen LogP contribution is 2.39. The largest absolute Gasteiger partial charge is 0.388 e. The molecule has 0 spiro atoms. The van der Waals surface area contributed by atoms with Gasteiger partial charge in [0.25, 0.3) is 0 Å². The lowest BCUT2D eigenvalue weighted by Gasteiger charge is -2.53. The molecule has 1 saturated heterocycles. The third-order valence-electron chi connectivity index (χ3n) is 4.85. The molecule has 2 fully saturated rings. The minimum atomic E-state index is -0.517. The third-order valence-corrected chi connectivity index (χ3v) is 4.85. The maximum Gasteiger partial charge on any atom is 0.0836 e. The van der Waals surface area contributed by atoms with E-state index in [-0.39, 0.29) is 0 Å². The summed E-state index contributed by atoms with van der Waals surface area (Å²) in [4.78, 5) is 4.90. The van der Waals surface area contributed by atoms with Crippen LogP contribution in [0.2, 0.25) is 0 Å². The van der Waals surface area contributed by atoms with Crippen LogP contribution in [0.5, 0.6) is 0 Å². The molecule has 0 aromatic heterocycles. The van der Waals surface area contributed by atoms with Crippen LogP contribution in [0.3, 0.4) is 0 Å². The van der Waals surface area contributed by atoms with E-state index >= 15 is 0 Å². The van der Waals surface area contributed by atoms with Gasteiger partial charge < -0.3 is 10.0 Å². The van der Waals surface area contributed by atoms with E-state index in [1.54, 1.807) is 0 Å². The lowest BCUT2D eigenvalue weighted by Crippen LogP contribution is -2.63. The average molecular weight is 272 g/mol. The van der Waals surface area contributed by atoms with Gasteiger partial charge in [0.05, 0.1) is 5.60 Å². The molecule has 2 atom stereocenters. The van der Waals surface area contributed by atoms with Gasteiger partial charge >= 0.3 is 0 Å². The Morgan fingerprint density at radius 3 is 2.45 bits per heavy atom. The second-order valence-corrected chi connectivity index (χ2v) is 6.01. The molecule has 0 radical (unpaired) electrons. The van der Waals surface area contributed by atoms with Crippen molar-refractivity contribution in [3.05, 3.63) is 43.0 Å². The molecule has 20 heavy (non-hydrogen) atoms. The molecule has 3 nitrogen and oxygen atoms in total. The third kappa shape index (κ3) is 2.48. The summed E-state index contributed by atoms with van der Waals surface area (Å²) < 4.78 is 0. The maximum atomic E-state index is 10.6. The van der Waals surface area contributed by atoms with Crippen molar-refractivity contribution >= 4 is 5.69 Å². The summed E-state index contributed by atoms with van der Waals surface area (Å²) in [6.45, 7) is 7.95. The van der Waals surface area contributed by atoms with Crippen LogP contribution in [-0.2, 0) is 0 Å². The lowest BCUT2D eigenvalue weighted by atomic mass is 9.71. The Labute approximate surface area is 121 Å². The van der Waals surface area contributed by atoms with Crippen LogP contribution in [0.1, 0.15) is 19.3 Å². The Morgan fingerprint density at radius 1 is 1.20 bits per heavy atom. The summed E-state index contributed by atoms with van der Waals surface area (Å²) in [6, 6.07) is 10.9. The first-order chi connectivity index (χ1) is 9.73. The van der Waals surface area contributed by atoms with Crippen LogP contribution in [0.15, 0.2) is 43.0 Å². The zero-order chi connectivity index (χ0) is 14.0. The van der Waals surface area contributed by atoms with Gasteiger partial charge in [-0.3, -0.25) is 4.90 Å². The molecule has 1 aliphatic carbocycles. The molecular weight excluding hydrogens is 248 g/mol. The van der Waals surface area contributed by atoms with Gasteiger partial charge in [-0.1, -0.05) is 24.3 Å². The molecule has 1 aromatic rings. The van der Waals surface area contributed by atoms with Gasteiger partial charge in [0, 0.05) is 37.9 Å². The predicted molar refractivity (Wildman–Crippen MR) is 83.0 cm³/mol. The van der Waals surface area contributed by atoms with Crippen molar-refractivity contribution in [1.82, 2.24) is 4.90 Å². The van der Waals surface area contributed by atoms with Gasteiger partial charge in [-0.2, -0.15) is 0 Å². The Balaban J connectivity index is 1.58. The molecule has 3 heteroatoms. The van der Waals surface area contributed by atoms with Crippen LogP contribution in [0.4, 0.5) is 5.69 Å². The van der Waals surface area contributed by atoms with Crippen LogP contribution in [0, 0.1) is 0 Å². The number of anilines is 1. The average Bonchev–Trinajstić information content (AvgIpc) is 2.48. The molecule has 108 valence electrons. The van der Waals surface area contributed by atoms with E-state index < -0.39 is 5.60 Å². The van der Waals surface area contributed by atoms with Crippen LogP contribution in [-0.4, -0.2) is 47.8 Å². The van der Waals surface area contributed by atoms with Crippen LogP contribution in [0.25, 0.3) is 0 Å². The van der Waals surface area contributed by atoms with Crippen molar-refractivity contribution in [2.45, 2.75) is 30.9 Å². The summed E-state index contributed by atoms with van der Waals surface area (Å²) in [7, 11) is 0. The molecule has 1 aliphatic heterocycles. The maximum absolute atomic E-state index is 10.6. The van der Waals surface area contributed by atoms with Crippen molar-refractivity contribution in [3.8, 4) is 0 Å². The van der Waals surface area contributed by atoms with Gasteiger partial charge in [0.15, 0.2) is 0 Å². The van der Waals surface area contributed by atoms with Gasteiger partial charge in [-0.05, 0) is 31.4 Å². The van der Waals surface area contributed by atoms with Crippen molar-refractivity contribution in [2.75, 3.05) is 31.1 Å². The van der Waals surface area contributed by atoms with Crippen molar-refractivity contribution < 1.29 is 5.11 Å². The SMILES string of the molecule is C=CC[C@@]1(O)CC[C@@H]1N1CCN(c2ccccc2)CC1.